The van der Waals surface area contributed by atoms with Crippen LogP contribution in [0.15, 0.2) is 5.16 Å². The van der Waals surface area contributed by atoms with E-state index in [4.69, 9.17) is 10.9 Å². The molecule has 2 aliphatic rings. The molecule has 0 aromatic heterocycles. The van der Waals surface area contributed by atoms with E-state index in [9.17, 15) is 4.79 Å². The number of nitrogens with one attached hydrogen (secondary N) is 1. The number of nitrogens with zero attached hydrogens (tertiary/aromatic N) is 1. The second kappa shape index (κ2) is 3.37. The Morgan fingerprint density at radius 1 is 1.56 bits per heavy atom. The Morgan fingerprint density at radius 2 is 2.12 bits per heavy atom. The van der Waals surface area contributed by atoms with Gasteiger partial charge in [-0.25, -0.2) is 0 Å². The number of hydrogen-bond acceptors (Lipinski definition) is 3. The summed E-state index contributed by atoms with van der Waals surface area (Å²) in [5, 5.41) is 14.5. The van der Waals surface area contributed by atoms with E-state index in [0.29, 0.717) is 30.7 Å². The lowest BCUT2D eigenvalue weighted by Crippen LogP contribution is -2.41. The number of carbonyl (C=O) groups is 1. The highest BCUT2D eigenvalue weighted by Crippen LogP contribution is 2.51. The molecule has 0 radical (unpaired) electrons. The Balaban J connectivity index is 1.85. The Hall–Kier alpha value is -1.26. The lowest BCUT2D eigenvalue weighted by molar-refractivity contribution is -0.124. The maximum Gasteiger partial charge on any atom is 0.233 e. The van der Waals surface area contributed by atoms with Gasteiger partial charge in [0.05, 0.1) is 0 Å². The van der Waals surface area contributed by atoms with Crippen LogP contribution in [0, 0.1) is 16.7 Å². The molecule has 0 aromatic rings. The van der Waals surface area contributed by atoms with Gasteiger partial charge in [0.15, 0.2) is 5.84 Å². The van der Waals surface area contributed by atoms with Crippen LogP contribution in [0.1, 0.15) is 33.1 Å². The lowest BCUT2D eigenvalue weighted by Gasteiger charge is -2.14. The molecule has 0 heterocycles. The van der Waals surface area contributed by atoms with Gasteiger partial charge in [-0.05, 0) is 30.6 Å². The fourth-order valence-electron chi connectivity index (χ4n) is 2.13. The molecule has 0 aliphatic heterocycles. The summed E-state index contributed by atoms with van der Waals surface area (Å²) in [5.74, 6) is 0.519. The third-order valence-corrected chi connectivity index (χ3v) is 4.01. The SMILES string of the molecule is CC1(C)CC1CNC(=O)C1(C(N)=NO)CC1. The third-order valence-electron chi connectivity index (χ3n) is 4.01. The van der Waals surface area contributed by atoms with Crippen molar-refractivity contribution in [2.24, 2.45) is 27.6 Å². The molecule has 2 fully saturated rings. The highest BCUT2D eigenvalue weighted by Gasteiger charge is 2.55. The van der Waals surface area contributed by atoms with Crippen LogP contribution in [-0.2, 0) is 4.79 Å². The Morgan fingerprint density at radius 3 is 2.50 bits per heavy atom. The predicted octanol–water partition coefficient (Wildman–Crippen LogP) is 0.675. The highest BCUT2D eigenvalue weighted by atomic mass is 16.4. The first-order chi connectivity index (χ1) is 7.42. The molecule has 1 atom stereocenters. The fourth-order valence-corrected chi connectivity index (χ4v) is 2.13. The molecule has 4 N–H and O–H groups in total. The van der Waals surface area contributed by atoms with Crippen molar-refractivity contribution < 1.29 is 10.0 Å². The topological polar surface area (TPSA) is 87.7 Å². The van der Waals surface area contributed by atoms with E-state index in [1.54, 1.807) is 0 Å². The summed E-state index contributed by atoms with van der Waals surface area (Å²) in [6.45, 7) is 5.09. The quantitative estimate of drug-likeness (QED) is 0.284. The molecule has 0 saturated heterocycles. The zero-order chi connectivity index (χ0) is 12.0. The van der Waals surface area contributed by atoms with E-state index in [1.165, 1.54) is 0 Å². The first kappa shape index (κ1) is 11.2. The molecule has 1 unspecified atom stereocenters. The standard InChI is InChI=1S/C11H19N3O2/c1-10(2)5-7(10)6-13-9(15)11(3-4-11)8(12)14-16/h7,16H,3-6H2,1-2H3,(H2,12,14)(H,13,15). The smallest absolute Gasteiger partial charge is 0.233 e. The van der Waals surface area contributed by atoms with Crippen molar-refractivity contribution in [2.45, 2.75) is 33.1 Å². The summed E-state index contributed by atoms with van der Waals surface area (Å²) < 4.78 is 0. The second-order valence-corrected chi connectivity index (χ2v) is 5.67. The fraction of sp³-hybridized carbons (Fsp3) is 0.818. The predicted molar refractivity (Wildman–Crippen MR) is 60.0 cm³/mol. The van der Waals surface area contributed by atoms with Crippen LogP contribution >= 0.6 is 0 Å². The average Bonchev–Trinajstić information content (AvgIpc) is 3.11. The summed E-state index contributed by atoms with van der Waals surface area (Å²) in [4.78, 5) is 11.9. The number of oxime groups is 1. The first-order valence-electron chi connectivity index (χ1n) is 5.69. The van der Waals surface area contributed by atoms with E-state index in [1.807, 2.05) is 0 Å². The van der Waals surface area contributed by atoms with Gasteiger partial charge in [-0.3, -0.25) is 4.79 Å². The molecule has 5 nitrogen and oxygen atoms in total. The van der Waals surface area contributed by atoms with Gasteiger partial charge in [0.25, 0.3) is 0 Å². The molecular weight excluding hydrogens is 206 g/mol. The minimum atomic E-state index is -0.715. The van der Waals surface area contributed by atoms with E-state index in [2.05, 4.69) is 24.3 Å². The molecule has 16 heavy (non-hydrogen) atoms. The van der Waals surface area contributed by atoms with Crippen molar-refractivity contribution in [1.82, 2.24) is 5.32 Å². The van der Waals surface area contributed by atoms with Crippen molar-refractivity contribution in [2.75, 3.05) is 6.54 Å². The lowest BCUT2D eigenvalue weighted by atomic mass is 10.0. The molecule has 0 aromatic carbocycles. The summed E-state index contributed by atoms with van der Waals surface area (Å²) in [7, 11) is 0. The van der Waals surface area contributed by atoms with Gasteiger partial charge >= 0.3 is 0 Å². The van der Waals surface area contributed by atoms with Gasteiger partial charge < -0.3 is 16.3 Å². The third kappa shape index (κ3) is 1.74. The van der Waals surface area contributed by atoms with Crippen molar-refractivity contribution >= 4 is 11.7 Å². The molecule has 2 rings (SSSR count). The normalized spacial score (nSPS) is 29.6. The number of rotatable bonds is 4. The van der Waals surface area contributed by atoms with Crippen molar-refractivity contribution in [1.29, 1.82) is 0 Å². The summed E-state index contributed by atoms with van der Waals surface area (Å²) in [6.07, 6.45) is 2.52. The van der Waals surface area contributed by atoms with Crippen molar-refractivity contribution in [3.05, 3.63) is 0 Å². The minimum absolute atomic E-state index is 0.0417. The molecule has 1 amide bonds. The molecule has 0 spiro atoms. The van der Waals surface area contributed by atoms with Gasteiger partial charge in [0, 0.05) is 6.54 Å². The molecule has 2 saturated carbocycles. The summed E-state index contributed by atoms with van der Waals surface area (Å²) in [6, 6.07) is 0. The molecule has 90 valence electrons. The average molecular weight is 225 g/mol. The Labute approximate surface area is 95.1 Å². The number of nitrogens with two attached hydrogens (primary N) is 1. The monoisotopic (exact) mass is 225 g/mol. The van der Waals surface area contributed by atoms with E-state index in [-0.39, 0.29) is 11.7 Å². The van der Waals surface area contributed by atoms with E-state index in [0.717, 1.165) is 6.42 Å². The Bertz CT molecular complexity index is 345. The molecular formula is C11H19N3O2. The van der Waals surface area contributed by atoms with Gasteiger partial charge in [0.1, 0.15) is 5.41 Å². The molecule has 0 bridgehead atoms. The number of carbonyl (C=O) groups excluding carboxylic acids is 1. The zero-order valence-electron chi connectivity index (χ0n) is 9.79. The largest absolute Gasteiger partial charge is 0.409 e. The van der Waals surface area contributed by atoms with Crippen LogP contribution in [0.2, 0.25) is 0 Å². The molecule has 5 heteroatoms. The number of amidine groups is 1. The first-order valence-corrected chi connectivity index (χ1v) is 5.69. The summed E-state index contributed by atoms with van der Waals surface area (Å²) in [5.41, 5.74) is 5.18. The maximum absolute atomic E-state index is 11.9. The van der Waals surface area contributed by atoms with Crippen LogP contribution in [0.25, 0.3) is 0 Å². The van der Waals surface area contributed by atoms with Gasteiger partial charge in [-0.1, -0.05) is 19.0 Å². The van der Waals surface area contributed by atoms with Crippen LogP contribution in [0.4, 0.5) is 0 Å². The number of amides is 1. The van der Waals surface area contributed by atoms with Crippen LogP contribution in [0.3, 0.4) is 0 Å². The van der Waals surface area contributed by atoms with Crippen LogP contribution < -0.4 is 11.1 Å². The van der Waals surface area contributed by atoms with Crippen LogP contribution in [0.5, 0.6) is 0 Å². The second-order valence-electron chi connectivity index (χ2n) is 5.67. The van der Waals surface area contributed by atoms with Crippen molar-refractivity contribution in [3.8, 4) is 0 Å². The zero-order valence-corrected chi connectivity index (χ0v) is 9.79. The molecule has 2 aliphatic carbocycles. The Kier molecular flexibility index (Phi) is 2.36. The summed E-state index contributed by atoms with van der Waals surface area (Å²) >= 11 is 0. The number of hydrogen-bond donors (Lipinski definition) is 3. The van der Waals surface area contributed by atoms with Crippen molar-refractivity contribution in [3.63, 3.8) is 0 Å². The minimum Gasteiger partial charge on any atom is -0.409 e. The van der Waals surface area contributed by atoms with E-state index >= 15 is 0 Å². The van der Waals surface area contributed by atoms with Crippen LogP contribution in [-0.4, -0.2) is 23.5 Å². The highest BCUT2D eigenvalue weighted by molar-refractivity contribution is 6.09. The van der Waals surface area contributed by atoms with Gasteiger partial charge in [0.2, 0.25) is 5.91 Å². The van der Waals surface area contributed by atoms with Gasteiger partial charge in [-0.15, -0.1) is 0 Å². The van der Waals surface area contributed by atoms with Gasteiger partial charge in [-0.2, -0.15) is 0 Å². The maximum atomic E-state index is 11.9. The van der Waals surface area contributed by atoms with E-state index < -0.39 is 5.41 Å².